The Kier molecular flexibility index (Phi) is 3.62. The van der Waals surface area contributed by atoms with Gasteiger partial charge in [0, 0.05) is 16.8 Å². The third kappa shape index (κ3) is 2.64. The van der Waals surface area contributed by atoms with Crippen LogP contribution in [0.3, 0.4) is 0 Å². The summed E-state index contributed by atoms with van der Waals surface area (Å²) >= 11 is 6.10. The number of halogens is 1. The highest BCUT2D eigenvalue weighted by atomic mass is 35.5. The lowest BCUT2D eigenvalue weighted by Crippen LogP contribution is -1.89. The van der Waals surface area contributed by atoms with Crippen LogP contribution in [-0.4, -0.2) is 26.5 Å². The first-order chi connectivity index (χ1) is 13.2. The molecule has 5 rings (SSSR count). The van der Waals surface area contributed by atoms with Gasteiger partial charge in [0.25, 0.3) is 0 Å². The largest absolute Gasteiger partial charge is 0.497 e. The molecule has 0 saturated carbocycles. The Morgan fingerprint density at radius 3 is 2.67 bits per heavy atom. The van der Waals surface area contributed by atoms with Crippen LogP contribution in [0.5, 0.6) is 5.75 Å². The maximum atomic E-state index is 6.10. The molecule has 27 heavy (non-hydrogen) atoms. The number of methoxy groups -OCH3 is 1. The van der Waals surface area contributed by atoms with Gasteiger partial charge in [0.05, 0.1) is 23.7 Å². The van der Waals surface area contributed by atoms with E-state index in [1.807, 2.05) is 66.9 Å². The van der Waals surface area contributed by atoms with E-state index in [-0.39, 0.29) is 0 Å². The van der Waals surface area contributed by atoms with E-state index in [1.165, 1.54) is 0 Å². The van der Waals surface area contributed by atoms with Gasteiger partial charge in [-0.25, -0.2) is 9.97 Å². The van der Waals surface area contributed by atoms with Crippen LogP contribution >= 0.6 is 11.6 Å². The van der Waals surface area contributed by atoms with Gasteiger partial charge in [0.15, 0.2) is 5.82 Å². The van der Waals surface area contributed by atoms with Crippen LogP contribution in [0.15, 0.2) is 66.9 Å². The molecule has 0 unspecified atom stereocenters. The lowest BCUT2D eigenvalue weighted by Gasteiger charge is -2.03. The van der Waals surface area contributed by atoms with Crippen molar-refractivity contribution < 1.29 is 4.74 Å². The number of hydrogen-bond acceptors (Lipinski definition) is 3. The van der Waals surface area contributed by atoms with Crippen LogP contribution in [0, 0.1) is 0 Å². The van der Waals surface area contributed by atoms with E-state index in [2.05, 4.69) is 9.38 Å². The summed E-state index contributed by atoms with van der Waals surface area (Å²) in [4.78, 5) is 12.9. The molecule has 0 radical (unpaired) electrons. The number of pyridine rings is 1. The smallest absolute Gasteiger partial charge is 0.159 e. The second-order valence-electron chi connectivity index (χ2n) is 6.22. The predicted molar refractivity (Wildman–Crippen MR) is 107 cm³/mol. The van der Waals surface area contributed by atoms with E-state index in [0.717, 1.165) is 45.2 Å². The molecule has 2 aromatic carbocycles. The van der Waals surface area contributed by atoms with Gasteiger partial charge in [0.1, 0.15) is 17.3 Å². The lowest BCUT2D eigenvalue weighted by molar-refractivity contribution is 0.415. The van der Waals surface area contributed by atoms with Crippen molar-refractivity contribution in [1.29, 1.82) is 0 Å². The minimum atomic E-state index is 0.673. The van der Waals surface area contributed by atoms with Crippen molar-refractivity contribution in [3.8, 4) is 28.7 Å². The summed E-state index contributed by atoms with van der Waals surface area (Å²) in [7, 11) is 1.66. The van der Waals surface area contributed by atoms with E-state index in [0.29, 0.717) is 5.02 Å². The summed E-state index contributed by atoms with van der Waals surface area (Å²) in [6.45, 7) is 0. The zero-order valence-corrected chi connectivity index (χ0v) is 15.2. The van der Waals surface area contributed by atoms with Gasteiger partial charge in [-0.2, -0.15) is 0 Å². The number of nitrogens with zero attached hydrogens (tertiary/aromatic N) is 3. The highest BCUT2D eigenvalue weighted by molar-refractivity contribution is 6.31. The van der Waals surface area contributed by atoms with Crippen molar-refractivity contribution >= 4 is 28.2 Å². The van der Waals surface area contributed by atoms with Gasteiger partial charge in [-0.1, -0.05) is 17.7 Å². The van der Waals surface area contributed by atoms with Crippen molar-refractivity contribution in [1.82, 2.24) is 19.4 Å². The Balaban J connectivity index is 1.72. The molecule has 0 bridgehead atoms. The van der Waals surface area contributed by atoms with Crippen molar-refractivity contribution in [3.05, 3.63) is 71.9 Å². The Bertz CT molecular complexity index is 1270. The lowest BCUT2D eigenvalue weighted by atomic mass is 10.2. The van der Waals surface area contributed by atoms with E-state index in [4.69, 9.17) is 26.3 Å². The Morgan fingerprint density at radius 1 is 1.00 bits per heavy atom. The number of rotatable bonds is 3. The zero-order valence-electron chi connectivity index (χ0n) is 14.5. The summed E-state index contributed by atoms with van der Waals surface area (Å²) in [5.74, 6) is 2.38. The number of aromatic nitrogens is 4. The number of nitrogens with one attached hydrogen (secondary N) is 1. The van der Waals surface area contributed by atoms with Crippen LogP contribution in [-0.2, 0) is 0 Å². The normalized spacial score (nSPS) is 11.3. The quantitative estimate of drug-likeness (QED) is 0.472. The number of H-pyrrole nitrogens is 1. The molecule has 0 atom stereocenters. The molecule has 3 aromatic heterocycles. The number of ether oxygens (including phenoxy) is 1. The maximum absolute atomic E-state index is 6.10. The van der Waals surface area contributed by atoms with Crippen LogP contribution in [0.2, 0.25) is 5.02 Å². The highest BCUT2D eigenvalue weighted by Crippen LogP contribution is 2.30. The molecule has 0 spiro atoms. The van der Waals surface area contributed by atoms with Crippen molar-refractivity contribution in [2.24, 2.45) is 0 Å². The molecule has 0 fully saturated rings. The van der Waals surface area contributed by atoms with E-state index >= 15 is 0 Å². The van der Waals surface area contributed by atoms with Gasteiger partial charge in [-0.15, -0.1) is 0 Å². The minimum Gasteiger partial charge on any atom is -0.497 e. The molecule has 0 saturated heterocycles. The van der Waals surface area contributed by atoms with Gasteiger partial charge in [-0.05, 0) is 54.6 Å². The van der Waals surface area contributed by atoms with Crippen molar-refractivity contribution in [2.75, 3.05) is 7.11 Å². The number of hydrogen-bond donors (Lipinski definition) is 1. The standard InChI is InChI=1S/C21H15ClN4O/c1-27-15-8-5-13(6-9-15)21-25-19(18-4-2-3-11-26(18)21)20-23-16-10-7-14(22)12-17(16)24-20/h2-12H,1H3,(H,23,24). The van der Waals surface area contributed by atoms with Gasteiger partial charge >= 0.3 is 0 Å². The molecule has 0 aliphatic rings. The summed E-state index contributed by atoms with van der Waals surface area (Å²) in [5.41, 5.74) is 4.53. The maximum Gasteiger partial charge on any atom is 0.159 e. The fourth-order valence-electron chi connectivity index (χ4n) is 3.25. The SMILES string of the molecule is COc1ccc(-c2nc(-c3nc4ccc(Cl)cc4[nH]3)c3ccccn23)cc1. The van der Waals surface area contributed by atoms with E-state index in [9.17, 15) is 0 Å². The third-order valence-electron chi connectivity index (χ3n) is 4.56. The van der Waals surface area contributed by atoms with Crippen molar-refractivity contribution in [3.63, 3.8) is 0 Å². The highest BCUT2D eigenvalue weighted by Gasteiger charge is 2.17. The zero-order chi connectivity index (χ0) is 18.4. The molecule has 0 aliphatic carbocycles. The van der Waals surface area contributed by atoms with Crippen LogP contribution in [0.4, 0.5) is 0 Å². The molecule has 5 nitrogen and oxygen atoms in total. The van der Waals surface area contributed by atoms with Gasteiger partial charge < -0.3 is 9.72 Å². The summed E-state index contributed by atoms with van der Waals surface area (Å²) in [5, 5.41) is 0.673. The van der Waals surface area contributed by atoms with E-state index < -0.39 is 0 Å². The first kappa shape index (κ1) is 15.9. The van der Waals surface area contributed by atoms with E-state index in [1.54, 1.807) is 7.11 Å². The van der Waals surface area contributed by atoms with Crippen LogP contribution in [0.25, 0.3) is 39.5 Å². The molecular weight excluding hydrogens is 360 g/mol. The number of benzene rings is 2. The average molecular weight is 375 g/mol. The molecule has 0 amide bonds. The first-order valence-corrected chi connectivity index (χ1v) is 8.88. The molecule has 6 heteroatoms. The fraction of sp³-hybridized carbons (Fsp3) is 0.0476. The second-order valence-corrected chi connectivity index (χ2v) is 6.65. The van der Waals surface area contributed by atoms with Gasteiger partial charge in [0.2, 0.25) is 0 Å². The Hall–Kier alpha value is -3.31. The molecular formula is C21H15ClN4O. The molecule has 0 aliphatic heterocycles. The molecule has 1 N–H and O–H groups in total. The first-order valence-electron chi connectivity index (χ1n) is 8.50. The molecule has 3 heterocycles. The fourth-order valence-corrected chi connectivity index (χ4v) is 3.42. The number of aromatic amines is 1. The van der Waals surface area contributed by atoms with Crippen LogP contribution < -0.4 is 4.74 Å². The van der Waals surface area contributed by atoms with Crippen LogP contribution in [0.1, 0.15) is 0 Å². The topological polar surface area (TPSA) is 55.2 Å². The summed E-state index contributed by atoms with van der Waals surface area (Å²) in [6, 6.07) is 19.5. The second kappa shape index (κ2) is 6.14. The molecule has 132 valence electrons. The summed E-state index contributed by atoms with van der Waals surface area (Å²) < 4.78 is 7.32. The average Bonchev–Trinajstić information content (AvgIpc) is 3.29. The number of fused-ring (bicyclic) bond motifs is 2. The van der Waals surface area contributed by atoms with Crippen molar-refractivity contribution in [2.45, 2.75) is 0 Å². The predicted octanol–water partition coefficient (Wildman–Crippen LogP) is 5.21. The Labute approximate surface area is 160 Å². The minimum absolute atomic E-state index is 0.673. The number of imidazole rings is 2. The monoisotopic (exact) mass is 374 g/mol. The molecule has 5 aromatic rings. The third-order valence-corrected chi connectivity index (χ3v) is 4.80. The summed E-state index contributed by atoms with van der Waals surface area (Å²) in [6.07, 6.45) is 2.00. The Morgan fingerprint density at radius 2 is 1.85 bits per heavy atom. The van der Waals surface area contributed by atoms with Gasteiger partial charge in [-0.3, -0.25) is 4.40 Å².